The number of carbonyl (C=O) groups is 1. The molecule has 1 amide bonds. The van der Waals surface area contributed by atoms with Crippen LogP contribution in [0.1, 0.15) is 37.7 Å². The largest absolute Gasteiger partial charge is 0.352 e. The van der Waals surface area contributed by atoms with E-state index in [1.54, 1.807) is 11.3 Å². The van der Waals surface area contributed by atoms with Crippen LogP contribution in [-0.2, 0) is 11.2 Å². The van der Waals surface area contributed by atoms with E-state index in [4.69, 9.17) is 5.73 Å². The van der Waals surface area contributed by atoms with Crippen LogP contribution in [0.5, 0.6) is 0 Å². The minimum absolute atomic E-state index is 0.106. The molecule has 1 aromatic rings. The van der Waals surface area contributed by atoms with Gasteiger partial charge >= 0.3 is 0 Å². The molecule has 1 fully saturated rings. The molecule has 18 heavy (non-hydrogen) atoms. The van der Waals surface area contributed by atoms with Crippen molar-refractivity contribution in [2.75, 3.05) is 6.54 Å². The molecular formula is C14H22N2OS. The second-order valence-electron chi connectivity index (χ2n) is 5.12. The summed E-state index contributed by atoms with van der Waals surface area (Å²) in [6.45, 7) is 0.556. The van der Waals surface area contributed by atoms with Gasteiger partial charge in [0.05, 0.1) is 6.42 Å². The highest BCUT2D eigenvalue weighted by atomic mass is 32.1. The summed E-state index contributed by atoms with van der Waals surface area (Å²) in [6.07, 6.45) is 6.79. The van der Waals surface area contributed by atoms with E-state index in [1.165, 1.54) is 32.1 Å². The van der Waals surface area contributed by atoms with Crippen molar-refractivity contribution in [1.29, 1.82) is 0 Å². The van der Waals surface area contributed by atoms with Crippen molar-refractivity contribution in [3.05, 3.63) is 22.4 Å². The van der Waals surface area contributed by atoms with Gasteiger partial charge in [-0.15, -0.1) is 0 Å². The molecule has 0 aromatic carbocycles. The van der Waals surface area contributed by atoms with Gasteiger partial charge in [0.2, 0.25) is 5.91 Å². The Morgan fingerprint density at radius 1 is 1.44 bits per heavy atom. The number of hydrogen-bond acceptors (Lipinski definition) is 3. The summed E-state index contributed by atoms with van der Waals surface area (Å²) >= 11 is 1.63. The smallest absolute Gasteiger partial charge is 0.224 e. The fourth-order valence-electron chi connectivity index (χ4n) is 2.74. The highest BCUT2D eigenvalue weighted by molar-refractivity contribution is 7.07. The van der Waals surface area contributed by atoms with Crippen LogP contribution in [0.25, 0.3) is 0 Å². The molecule has 2 rings (SSSR count). The summed E-state index contributed by atoms with van der Waals surface area (Å²) in [6, 6.07) is 2.17. The van der Waals surface area contributed by atoms with E-state index in [0.717, 1.165) is 5.56 Å². The van der Waals surface area contributed by atoms with Crippen LogP contribution < -0.4 is 11.1 Å². The van der Waals surface area contributed by atoms with E-state index in [0.29, 0.717) is 18.9 Å². The van der Waals surface area contributed by atoms with Gasteiger partial charge in [-0.1, -0.05) is 19.3 Å². The summed E-state index contributed by atoms with van der Waals surface area (Å²) < 4.78 is 0. The van der Waals surface area contributed by atoms with Crippen LogP contribution in [0.2, 0.25) is 0 Å². The Bertz CT molecular complexity index is 358. The molecule has 0 radical (unpaired) electrons. The van der Waals surface area contributed by atoms with Crippen LogP contribution in [0.15, 0.2) is 16.8 Å². The van der Waals surface area contributed by atoms with Crippen molar-refractivity contribution in [1.82, 2.24) is 5.32 Å². The molecule has 1 atom stereocenters. The number of rotatable bonds is 5. The molecule has 0 aliphatic heterocycles. The maximum Gasteiger partial charge on any atom is 0.224 e. The molecule has 0 spiro atoms. The van der Waals surface area contributed by atoms with Gasteiger partial charge < -0.3 is 11.1 Å². The lowest BCUT2D eigenvalue weighted by molar-refractivity contribution is -0.121. The number of hydrogen-bond donors (Lipinski definition) is 2. The molecule has 1 aliphatic rings. The Balaban J connectivity index is 1.83. The fraction of sp³-hybridized carbons (Fsp3) is 0.643. The third-order valence-electron chi connectivity index (χ3n) is 3.76. The Kier molecular flexibility index (Phi) is 5.20. The minimum Gasteiger partial charge on any atom is -0.352 e. The number of carbonyl (C=O) groups excluding carboxylic acids is 1. The van der Waals surface area contributed by atoms with Gasteiger partial charge in [0.25, 0.3) is 0 Å². The van der Waals surface area contributed by atoms with Crippen molar-refractivity contribution >= 4 is 17.2 Å². The van der Waals surface area contributed by atoms with Gasteiger partial charge in [-0.3, -0.25) is 4.79 Å². The zero-order valence-electron chi connectivity index (χ0n) is 10.7. The first kappa shape index (κ1) is 13.6. The average Bonchev–Trinajstić information content (AvgIpc) is 2.90. The summed E-state index contributed by atoms with van der Waals surface area (Å²) in [7, 11) is 0. The van der Waals surface area contributed by atoms with Crippen LogP contribution in [0.3, 0.4) is 0 Å². The standard InChI is InChI=1S/C14H22N2OS/c15-9-13(12-4-2-1-3-5-12)16-14(17)8-11-6-7-18-10-11/h6-7,10,12-13H,1-5,8-9,15H2,(H,16,17). The Morgan fingerprint density at radius 2 is 2.22 bits per heavy atom. The molecule has 100 valence electrons. The van der Waals surface area contributed by atoms with Crippen LogP contribution in [-0.4, -0.2) is 18.5 Å². The third kappa shape index (κ3) is 3.82. The van der Waals surface area contributed by atoms with Crippen LogP contribution >= 0.6 is 11.3 Å². The Labute approximate surface area is 113 Å². The van der Waals surface area contributed by atoms with Crippen molar-refractivity contribution < 1.29 is 4.79 Å². The lowest BCUT2D eigenvalue weighted by Crippen LogP contribution is -2.46. The second-order valence-corrected chi connectivity index (χ2v) is 5.90. The average molecular weight is 266 g/mol. The molecule has 1 saturated carbocycles. The summed E-state index contributed by atoms with van der Waals surface area (Å²) in [5, 5.41) is 7.14. The molecular weight excluding hydrogens is 244 g/mol. The van der Waals surface area contributed by atoms with Gasteiger partial charge in [-0.25, -0.2) is 0 Å². The molecule has 1 unspecified atom stereocenters. The first-order valence-electron chi connectivity index (χ1n) is 6.80. The summed E-state index contributed by atoms with van der Waals surface area (Å²) in [5.74, 6) is 0.685. The van der Waals surface area contributed by atoms with Gasteiger partial charge in [0, 0.05) is 12.6 Å². The molecule has 0 saturated heterocycles. The van der Waals surface area contributed by atoms with Crippen LogP contribution in [0.4, 0.5) is 0 Å². The van der Waals surface area contributed by atoms with Gasteiger partial charge in [0.1, 0.15) is 0 Å². The first-order chi connectivity index (χ1) is 8.79. The summed E-state index contributed by atoms with van der Waals surface area (Å²) in [4.78, 5) is 12.0. The molecule has 1 aromatic heterocycles. The number of nitrogens with two attached hydrogens (primary N) is 1. The Hall–Kier alpha value is -0.870. The van der Waals surface area contributed by atoms with E-state index < -0.39 is 0 Å². The molecule has 3 nitrogen and oxygen atoms in total. The van der Waals surface area contributed by atoms with E-state index in [2.05, 4.69) is 5.32 Å². The third-order valence-corrected chi connectivity index (χ3v) is 4.50. The number of amides is 1. The second kappa shape index (κ2) is 6.90. The van der Waals surface area contributed by atoms with Crippen molar-refractivity contribution in [3.8, 4) is 0 Å². The molecule has 4 heteroatoms. The lowest BCUT2D eigenvalue weighted by atomic mass is 9.84. The monoisotopic (exact) mass is 266 g/mol. The quantitative estimate of drug-likeness (QED) is 0.859. The van der Waals surface area contributed by atoms with E-state index in [1.807, 2.05) is 16.8 Å². The predicted molar refractivity (Wildman–Crippen MR) is 75.6 cm³/mol. The Morgan fingerprint density at radius 3 is 2.83 bits per heavy atom. The highest BCUT2D eigenvalue weighted by Gasteiger charge is 2.23. The zero-order chi connectivity index (χ0) is 12.8. The fourth-order valence-corrected chi connectivity index (χ4v) is 3.41. The van der Waals surface area contributed by atoms with E-state index >= 15 is 0 Å². The zero-order valence-corrected chi connectivity index (χ0v) is 11.5. The van der Waals surface area contributed by atoms with Crippen molar-refractivity contribution in [2.45, 2.75) is 44.6 Å². The summed E-state index contributed by atoms with van der Waals surface area (Å²) in [5.41, 5.74) is 6.91. The van der Waals surface area contributed by atoms with Crippen molar-refractivity contribution in [3.63, 3.8) is 0 Å². The number of thiophene rings is 1. The lowest BCUT2D eigenvalue weighted by Gasteiger charge is -2.30. The molecule has 0 bridgehead atoms. The maximum absolute atomic E-state index is 12.0. The van der Waals surface area contributed by atoms with Crippen molar-refractivity contribution in [2.24, 2.45) is 11.7 Å². The molecule has 1 heterocycles. The minimum atomic E-state index is 0.106. The van der Waals surface area contributed by atoms with Crippen LogP contribution in [0, 0.1) is 5.92 Å². The SMILES string of the molecule is NCC(NC(=O)Cc1ccsc1)C1CCCCC1. The van der Waals surface area contributed by atoms with Gasteiger partial charge in [-0.2, -0.15) is 11.3 Å². The van der Waals surface area contributed by atoms with E-state index in [9.17, 15) is 4.79 Å². The number of nitrogens with one attached hydrogen (secondary N) is 1. The highest BCUT2D eigenvalue weighted by Crippen LogP contribution is 2.26. The topological polar surface area (TPSA) is 55.1 Å². The van der Waals surface area contributed by atoms with Gasteiger partial charge in [0.15, 0.2) is 0 Å². The molecule has 3 N–H and O–H groups in total. The predicted octanol–water partition coefficient (Wildman–Crippen LogP) is 2.31. The first-order valence-corrected chi connectivity index (χ1v) is 7.74. The van der Waals surface area contributed by atoms with E-state index in [-0.39, 0.29) is 11.9 Å². The van der Waals surface area contributed by atoms with Gasteiger partial charge in [-0.05, 0) is 41.1 Å². The normalized spacial score (nSPS) is 18.5. The maximum atomic E-state index is 12.0. The molecule has 1 aliphatic carbocycles.